The van der Waals surface area contributed by atoms with Crippen molar-refractivity contribution in [2.45, 2.75) is 36.5 Å². The third-order valence-electron chi connectivity index (χ3n) is 4.05. The van der Waals surface area contributed by atoms with Gasteiger partial charge in [-0.05, 0) is 37.5 Å². The number of rotatable bonds is 4. The largest absolute Gasteiger partial charge is 0.479 e. The Bertz CT molecular complexity index is 758. The molecule has 0 fully saturated rings. The Balaban J connectivity index is 1.77. The molecule has 1 aliphatic heterocycles. The van der Waals surface area contributed by atoms with Gasteiger partial charge in [-0.2, -0.15) is 0 Å². The van der Waals surface area contributed by atoms with Gasteiger partial charge in [0.2, 0.25) is 5.91 Å². The van der Waals surface area contributed by atoms with Gasteiger partial charge in [-0.25, -0.2) is 4.79 Å². The summed E-state index contributed by atoms with van der Waals surface area (Å²) in [5, 5.41) is 12.0. The summed E-state index contributed by atoms with van der Waals surface area (Å²) < 4.78 is 0. The fourth-order valence-electron chi connectivity index (χ4n) is 3.03. The van der Waals surface area contributed by atoms with Crippen molar-refractivity contribution in [3.63, 3.8) is 0 Å². The topological polar surface area (TPSA) is 66.4 Å². The predicted octanol–water partition coefficient (Wildman–Crippen LogP) is 3.26. The highest BCUT2D eigenvalue weighted by atomic mass is 32.2. The van der Waals surface area contributed by atoms with E-state index in [-0.39, 0.29) is 11.2 Å². The highest BCUT2D eigenvalue weighted by Gasteiger charge is 2.31. The van der Waals surface area contributed by atoms with Gasteiger partial charge in [-0.3, -0.25) is 4.79 Å². The van der Waals surface area contributed by atoms with E-state index in [0.717, 1.165) is 21.6 Å². The number of hydrogen-bond donors (Lipinski definition) is 2. The number of aryl methyl sites for hydroxylation is 2. The predicted molar refractivity (Wildman–Crippen MR) is 94.2 cm³/mol. The van der Waals surface area contributed by atoms with Crippen LogP contribution in [0.2, 0.25) is 0 Å². The zero-order valence-electron chi connectivity index (χ0n) is 13.6. The molecule has 4 nitrogen and oxygen atoms in total. The molecule has 0 aliphatic carbocycles. The zero-order valence-corrected chi connectivity index (χ0v) is 14.4. The number of amides is 1. The van der Waals surface area contributed by atoms with E-state index in [9.17, 15) is 14.7 Å². The number of carbonyl (C=O) groups excluding carboxylic acids is 1. The lowest BCUT2D eigenvalue weighted by Crippen LogP contribution is -2.39. The third kappa shape index (κ3) is 3.46. The summed E-state index contributed by atoms with van der Waals surface area (Å²) in [6.45, 7) is 3.83. The van der Waals surface area contributed by atoms with Crippen LogP contribution in [0.1, 0.15) is 28.3 Å². The number of carboxylic acids is 1. The van der Waals surface area contributed by atoms with E-state index in [2.05, 4.69) is 5.32 Å². The number of hydrogen-bond acceptors (Lipinski definition) is 3. The first-order valence-corrected chi connectivity index (χ1v) is 8.68. The average molecular weight is 341 g/mol. The SMILES string of the molecule is Cc1cc(C)cc(C(NC(=O)C2Cc3ccccc3S2)C(=O)O)c1. The minimum Gasteiger partial charge on any atom is -0.479 e. The van der Waals surface area contributed by atoms with E-state index in [1.165, 1.54) is 11.8 Å². The van der Waals surface area contributed by atoms with Gasteiger partial charge < -0.3 is 10.4 Å². The Hall–Kier alpha value is -2.27. The minimum absolute atomic E-state index is 0.234. The van der Waals surface area contributed by atoms with Crippen LogP contribution in [-0.4, -0.2) is 22.2 Å². The average Bonchev–Trinajstić information content (AvgIpc) is 2.95. The van der Waals surface area contributed by atoms with E-state index in [1.54, 1.807) is 0 Å². The molecule has 2 aromatic rings. The van der Waals surface area contributed by atoms with Gasteiger partial charge in [0.15, 0.2) is 6.04 Å². The molecule has 124 valence electrons. The van der Waals surface area contributed by atoms with Crippen molar-refractivity contribution in [2.24, 2.45) is 0 Å². The van der Waals surface area contributed by atoms with Crippen molar-refractivity contribution >= 4 is 23.6 Å². The Morgan fingerprint density at radius 3 is 2.46 bits per heavy atom. The van der Waals surface area contributed by atoms with Gasteiger partial charge >= 0.3 is 5.97 Å². The number of carboxylic acid groups (broad SMARTS) is 1. The van der Waals surface area contributed by atoms with Crippen molar-refractivity contribution in [1.82, 2.24) is 5.32 Å². The van der Waals surface area contributed by atoms with Crippen LogP contribution >= 0.6 is 11.8 Å². The van der Waals surface area contributed by atoms with Crippen molar-refractivity contribution in [1.29, 1.82) is 0 Å². The molecule has 2 unspecified atom stereocenters. The number of fused-ring (bicyclic) bond motifs is 1. The molecule has 3 rings (SSSR count). The van der Waals surface area contributed by atoms with Gasteiger partial charge in [-0.1, -0.05) is 47.5 Å². The normalized spacial score (nSPS) is 17.2. The van der Waals surface area contributed by atoms with Crippen molar-refractivity contribution in [2.75, 3.05) is 0 Å². The minimum atomic E-state index is -1.05. The van der Waals surface area contributed by atoms with Gasteiger partial charge in [0.05, 0.1) is 5.25 Å². The molecule has 2 atom stereocenters. The van der Waals surface area contributed by atoms with Crippen LogP contribution in [0.15, 0.2) is 47.4 Å². The molecule has 5 heteroatoms. The van der Waals surface area contributed by atoms with Gasteiger partial charge in [-0.15, -0.1) is 11.8 Å². The van der Waals surface area contributed by atoms with E-state index in [0.29, 0.717) is 12.0 Å². The second kappa shape index (κ2) is 6.69. The molecule has 0 radical (unpaired) electrons. The van der Waals surface area contributed by atoms with Crippen LogP contribution < -0.4 is 5.32 Å². The number of carbonyl (C=O) groups is 2. The summed E-state index contributed by atoms with van der Waals surface area (Å²) in [6, 6.07) is 12.5. The summed E-state index contributed by atoms with van der Waals surface area (Å²) >= 11 is 1.49. The summed E-state index contributed by atoms with van der Waals surface area (Å²) in [5.74, 6) is -1.28. The van der Waals surface area contributed by atoms with Crippen LogP contribution in [0.3, 0.4) is 0 Å². The quantitative estimate of drug-likeness (QED) is 0.896. The molecule has 0 spiro atoms. The second-order valence-corrected chi connectivity index (χ2v) is 7.36. The molecule has 2 N–H and O–H groups in total. The van der Waals surface area contributed by atoms with Crippen LogP contribution in [0, 0.1) is 13.8 Å². The van der Waals surface area contributed by atoms with Gasteiger partial charge in [0, 0.05) is 4.90 Å². The monoisotopic (exact) mass is 341 g/mol. The van der Waals surface area contributed by atoms with E-state index >= 15 is 0 Å². The van der Waals surface area contributed by atoms with Crippen molar-refractivity contribution in [3.05, 3.63) is 64.7 Å². The summed E-state index contributed by atoms with van der Waals surface area (Å²) in [7, 11) is 0. The summed E-state index contributed by atoms with van der Waals surface area (Å²) in [6.07, 6.45) is 0.631. The van der Waals surface area contributed by atoms with Crippen LogP contribution in [0.25, 0.3) is 0 Å². The maximum Gasteiger partial charge on any atom is 0.330 e. The summed E-state index contributed by atoms with van der Waals surface area (Å²) in [4.78, 5) is 25.3. The third-order valence-corrected chi connectivity index (χ3v) is 5.37. The number of thioether (sulfide) groups is 1. The van der Waals surface area contributed by atoms with E-state index in [1.807, 2.05) is 56.3 Å². The molecule has 0 aromatic heterocycles. The molecule has 2 aromatic carbocycles. The lowest BCUT2D eigenvalue weighted by atomic mass is 10.0. The highest BCUT2D eigenvalue weighted by molar-refractivity contribution is 8.01. The van der Waals surface area contributed by atoms with Crippen molar-refractivity contribution in [3.8, 4) is 0 Å². The van der Waals surface area contributed by atoms with E-state index < -0.39 is 12.0 Å². The lowest BCUT2D eigenvalue weighted by molar-refractivity contribution is -0.141. The summed E-state index contributed by atoms with van der Waals surface area (Å²) in [5.41, 5.74) is 3.70. The molecule has 0 saturated heterocycles. The molecule has 24 heavy (non-hydrogen) atoms. The fraction of sp³-hybridized carbons (Fsp3) is 0.263. The first-order valence-electron chi connectivity index (χ1n) is 7.80. The Labute approximate surface area is 145 Å². The fourth-order valence-corrected chi connectivity index (χ4v) is 4.23. The van der Waals surface area contributed by atoms with Crippen LogP contribution in [-0.2, 0) is 16.0 Å². The number of benzene rings is 2. The molecular weight excluding hydrogens is 322 g/mol. The highest BCUT2D eigenvalue weighted by Crippen LogP contribution is 2.37. The van der Waals surface area contributed by atoms with Crippen LogP contribution in [0.4, 0.5) is 0 Å². The molecule has 1 amide bonds. The zero-order chi connectivity index (χ0) is 17.3. The lowest BCUT2D eigenvalue weighted by Gasteiger charge is -2.18. The van der Waals surface area contributed by atoms with Crippen molar-refractivity contribution < 1.29 is 14.7 Å². The van der Waals surface area contributed by atoms with E-state index in [4.69, 9.17) is 0 Å². The first kappa shape index (κ1) is 16.6. The maximum absolute atomic E-state index is 12.6. The standard InChI is InChI=1S/C19H19NO3S/c1-11-7-12(2)9-14(8-11)17(19(22)23)20-18(21)16-10-13-5-3-4-6-15(13)24-16/h3-9,16-17H,10H2,1-2H3,(H,20,21)(H,22,23). The van der Waals surface area contributed by atoms with Gasteiger partial charge in [0.1, 0.15) is 0 Å². The molecule has 1 heterocycles. The first-order chi connectivity index (χ1) is 11.4. The second-order valence-electron chi connectivity index (χ2n) is 6.12. The molecule has 0 saturated carbocycles. The Kier molecular flexibility index (Phi) is 4.62. The number of nitrogens with one attached hydrogen (secondary N) is 1. The molecule has 0 bridgehead atoms. The maximum atomic E-state index is 12.6. The molecule has 1 aliphatic rings. The Morgan fingerprint density at radius 1 is 1.17 bits per heavy atom. The van der Waals surface area contributed by atoms with Crippen LogP contribution in [0.5, 0.6) is 0 Å². The molecular formula is C19H19NO3S. The Morgan fingerprint density at radius 2 is 1.83 bits per heavy atom. The van der Waals surface area contributed by atoms with Gasteiger partial charge in [0.25, 0.3) is 0 Å². The number of aliphatic carboxylic acids is 1. The smallest absolute Gasteiger partial charge is 0.330 e.